The molecule has 1 amide bonds. The number of nitrogens with one attached hydrogen (secondary N) is 1. The molecular formula is C9H17N3O2. The molecular weight excluding hydrogens is 182 g/mol. The zero-order valence-electron chi connectivity index (χ0n) is 8.24. The average Bonchev–Trinajstić information content (AvgIpc) is 2.13. The molecule has 5 heteroatoms. The summed E-state index contributed by atoms with van der Waals surface area (Å²) in [6.07, 6.45) is 1.11. The lowest BCUT2D eigenvalue weighted by molar-refractivity contribution is -0.129. The summed E-state index contributed by atoms with van der Waals surface area (Å²) in [5.41, 5.74) is 5.26. The van der Waals surface area contributed by atoms with E-state index >= 15 is 0 Å². The number of nitrogens with two attached hydrogens (primary N) is 1. The van der Waals surface area contributed by atoms with E-state index in [1.165, 1.54) is 0 Å². The fraction of sp³-hybridized carbons (Fsp3) is 0.889. The largest absolute Gasteiger partial charge is 0.374 e. The maximum absolute atomic E-state index is 11.0. The van der Waals surface area contributed by atoms with Gasteiger partial charge in [0.05, 0.1) is 18.8 Å². The number of hydrogen-bond donors (Lipinski definition) is 2. The zero-order chi connectivity index (χ0) is 9.97. The Morgan fingerprint density at radius 2 is 2.50 bits per heavy atom. The lowest BCUT2D eigenvalue weighted by Crippen LogP contribution is -2.58. The van der Waals surface area contributed by atoms with Crippen LogP contribution >= 0.6 is 0 Å². The second-order valence-electron chi connectivity index (χ2n) is 3.90. The molecule has 5 nitrogen and oxygen atoms in total. The van der Waals surface area contributed by atoms with Gasteiger partial charge in [0.2, 0.25) is 5.91 Å². The van der Waals surface area contributed by atoms with Crippen LogP contribution in [0.3, 0.4) is 0 Å². The number of hydrogen-bond acceptors (Lipinski definition) is 4. The Balaban J connectivity index is 1.76. The first-order valence-corrected chi connectivity index (χ1v) is 5.13. The summed E-state index contributed by atoms with van der Waals surface area (Å²) >= 11 is 0. The van der Waals surface area contributed by atoms with Gasteiger partial charge < -0.3 is 15.8 Å². The van der Waals surface area contributed by atoms with Gasteiger partial charge in [-0.3, -0.25) is 9.69 Å². The summed E-state index contributed by atoms with van der Waals surface area (Å²) in [4.78, 5) is 13.1. The number of likely N-dealkylation sites (tertiary alicyclic amines) is 1. The minimum atomic E-state index is -0.208. The predicted octanol–water partition coefficient (Wildman–Crippen LogP) is -1.47. The van der Waals surface area contributed by atoms with Crippen molar-refractivity contribution in [3.8, 4) is 0 Å². The first-order chi connectivity index (χ1) is 6.77. The smallest absolute Gasteiger partial charge is 0.234 e. The Morgan fingerprint density at radius 1 is 1.64 bits per heavy atom. The third kappa shape index (κ3) is 2.05. The lowest BCUT2D eigenvalue weighted by atomic mass is 10.0. The van der Waals surface area contributed by atoms with Crippen LogP contribution in [0.5, 0.6) is 0 Å². The van der Waals surface area contributed by atoms with Gasteiger partial charge in [0.25, 0.3) is 0 Å². The molecule has 2 aliphatic rings. The van der Waals surface area contributed by atoms with E-state index < -0.39 is 0 Å². The molecule has 2 fully saturated rings. The van der Waals surface area contributed by atoms with E-state index in [2.05, 4.69) is 10.2 Å². The second-order valence-corrected chi connectivity index (χ2v) is 3.90. The molecule has 0 spiro atoms. The number of morpholine rings is 1. The molecule has 2 rings (SSSR count). The van der Waals surface area contributed by atoms with Crippen molar-refractivity contribution in [2.24, 2.45) is 5.73 Å². The van der Waals surface area contributed by atoms with Crippen molar-refractivity contribution in [3.63, 3.8) is 0 Å². The van der Waals surface area contributed by atoms with Crippen molar-refractivity contribution in [2.75, 3.05) is 32.8 Å². The number of carbonyl (C=O) groups excluding carboxylic acids is 1. The molecule has 0 saturated carbocycles. The van der Waals surface area contributed by atoms with E-state index in [9.17, 15) is 4.79 Å². The summed E-state index contributed by atoms with van der Waals surface area (Å²) in [6.45, 7) is 4.35. The Kier molecular flexibility index (Phi) is 3.00. The highest BCUT2D eigenvalue weighted by Crippen LogP contribution is 2.17. The van der Waals surface area contributed by atoms with Crippen molar-refractivity contribution in [1.29, 1.82) is 0 Å². The molecule has 0 aromatic rings. The van der Waals surface area contributed by atoms with Crippen molar-refractivity contribution >= 4 is 5.91 Å². The number of primary amides is 1. The number of nitrogens with zero attached hydrogens (tertiary/aromatic N) is 1. The SMILES string of the molecule is NC(=O)C1CCN1CC1CNCCO1. The number of amides is 1. The maximum Gasteiger partial charge on any atom is 0.234 e. The number of ether oxygens (including phenoxy) is 1. The topological polar surface area (TPSA) is 67.6 Å². The minimum absolute atomic E-state index is 0.0551. The molecule has 14 heavy (non-hydrogen) atoms. The van der Waals surface area contributed by atoms with E-state index in [1.54, 1.807) is 0 Å². The van der Waals surface area contributed by atoms with Gasteiger partial charge in [-0.25, -0.2) is 0 Å². The average molecular weight is 199 g/mol. The van der Waals surface area contributed by atoms with E-state index in [1.807, 2.05) is 0 Å². The first-order valence-electron chi connectivity index (χ1n) is 5.13. The quantitative estimate of drug-likeness (QED) is 0.582. The fourth-order valence-corrected chi connectivity index (χ4v) is 1.98. The van der Waals surface area contributed by atoms with Gasteiger partial charge in [0.1, 0.15) is 0 Å². The Bertz CT molecular complexity index is 216. The van der Waals surface area contributed by atoms with Crippen molar-refractivity contribution in [1.82, 2.24) is 10.2 Å². The van der Waals surface area contributed by atoms with Crippen LogP contribution in [0.4, 0.5) is 0 Å². The molecule has 2 unspecified atom stereocenters. The van der Waals surface area contributed by atoms with Crippen LogP contribution in [0.1, 0.15) is 6.42 Å². The summed E-state index contributed by atoms with van der Waals surface area (Å²) < 4.78 is 5.56. The van der Waals surface area contributed by atoms with E-state index in [-0.39, 0.29) is 18.1 Å². The van der Waals surface area contributed by atoms with Gasteiger partial charge in [0.15, 0.2) is 0 Å². The second kappa shape index (κ2) is 4.25. The summed E-state index contributed by atoms with van der Waals surface area (Å²) in [6, 6.07) is -0.0551. The standard InChI is InChI=1S/C9H17N3O2/c10-9(13)8-1-3-12(8)6-7-5-11-2-4-14-7/h7-8,11H,1-6H2,(H2,10,13). The van der Waals surface area contributed by atoms with Gasteiger partial charge in [-0.1, -0.05) is 0 Å². The minimum Gasteiger partial charge on any atom is -0.374 e. The van der Waals surface area contributed by atoms with Crippen LogP contribution in [0.15, 0.2) is 0 Å². The summed E-state index contributed by atoms with van der Waals surface area (Å²) in [5.74, 6) is -0.208. The van der Waals surface area contributed by atoms with E-state index in [4.69, 9.17) is 10.5 Å². The van der Waals surface area contributed by atoms with Gasteiger partial charge in [0, 0.05) is 26.2 Å². The first kappa shape index (κ1) is 9.89. The van der Waals surface area contributed by atoms with Crippen molar-refractivity contribution < 1.29 is 9.53 Å². The predicted molar refractivity (Wildman–Crippen MR) is 51.8 cm³/mol. The van der Waals surface area contributed by atoms with Crippen LogP contribution in [-0.4, -0.2) is 55.7 Å². The Morgan fingerprint density at radius 3 is 3.00 bits per heavy atom. The third-order valence-corrected chi connectivity index (χ3v) is 2.90. The van der Waals surface area contributed by atoms with E-state index in [0.717, 1.165) is 39.2 Å². The number of carbonyl (C=O) groups is 1. The highest BCUT2D eigenvalue weighted by Gasteiger charge is 2.34. The van der Waals surface area contributed by atoms with Crippen LogP contribution in [0.25, 0.3) is 0 Å². The highest BCUT2D eigenvalue weighted by molar-refractivity contribution is 5.80. The molecule has 0 aromatic carbocycles. The normalized spacial score (nSPS) is 33.7. The van der Waals surface area contributed by atoms with Crippen LogP contribution in [0, 0.1) is 0 Å². The monoisotopic (exact) mass is 199 g/mol. The molecule has 0 aliphatic carbocycles. The van der Waals surface area contributed by atoms with Crippen molar-refractivity contribution in [3.05, 3.63) is 0 Å². The van der Waals surface area contributed by atoms with Gasteiger partial charge in [-0.2, -0.15) is 0 Å². The number of rotatable bonds is 3. The Hall–Kier alpha value is -0.650. The molecule has 2 atom stereocenters. The molecule has 0 aromatic heterocycles. The van der Waals surface area contributed by atoms with Gasteiger partial charge in [-0.15, -0.1) is 0 Å². The molecule has 0 radical (unpaired) electrons. The van der Waals surface area contributed by atoms with Crippen molar-refractivity contribution in [2.45, 2.75) is 18.6 Å². The molecule has 2 aliphatic heterocycles. The highest BCUT2D eigenvalue weighted by atomic mass is 16.5. The van der Waals surface area contributed by atoms with Crippen LogP contribution in [0.2, 0.25) is 0 Å². The molecule has 2 heterocycles. The summed E-state index contributed by atoms with van der Waals surface area (Å²) in [5, 5.41) is 3.26. The van der Waals surface area contributed by atoms with Crippen LogP contribution < -0.4 is 11.1 Å². The zero-order valence-corrected chi connectivity index (χ0v) is 8.24. The fourth-order valence-electron chi connectivity index (χ4n) is 1.98. The molecule has 0 bridgehead atoms. The molecule has 3 N–H and O–H groups in total. The lowest BCUT2D eigenvalue weighted by Gasteiger charge is -2.41. The summed E-state index contributed by atoms with van der Waals surface area (Å²) in [7, 11) is 0. The van der Waals surface area contributed by atoms with Crippen LogP contribution in [-0.2, 0) is 9.53 Å². The Labute approximate surface area is 83.6 Å². The molecule has 2 saturated heterocycles. The third-order valence-electron chi connectivity index (χ3n) is 2.90. The van der Waals surface area contributed by atoms with Gasteiger partial charge >= 0.3 is 0 Å². The molecule has 80 valence electrons. The van der Waals surface area contributed by atoms with E-state index in [0.29, 0.717) is 0 Å². The maximum atomic E-state index is 11.0. The van der Waals surface area contributed by atoms with Gasteiger partial charge in [-0.05, 0) is 6.42 Å².